The van der Waals surface area contributed by atoms with E-state index in [0.717, 1.165) is 5.69 Å². The average molecular weight is 270 g/mol. The predicted octanol–water partition coefficient (Wildman–Crippen LogP) is 0.893. The Morgan fingerprint density at radius 1 is 1.41 bits per heavy atom. The molecule has 0 saturated carbocycles. The molecule has 1 aromatic carbocycles. The molecule has 2 rings (SSSR count). The number of carbonyl (C=O) groups is 1. The number of aromatic nitrogens is 4. The molecule has 0 spiro atoms. The van der Waals surface area contributed by atoms with Crippen molar-refractivity contribution in [3.63, 3.8) is 0 Å². The third-order valence-electron chi connectivity index (χ3n) is 1.86. The van der Waals surface area contributed by atoms with Gasteiger partial charge in [0.15, 0.2) is 0 Å². The Hall–Kier alpha value is -1.60. The zero-order valence-electron chi connectivity index (χ0n) is 8.58. The molecule has 0 atom stereocenters. The van der Waals surface area contributed by atoms with Crippen molar-refractivity contribution >= 4 is 29.3 Å². The topological polar surface area (TPSA) is 86.7 Å². The van der Waals surface area contributed by atoms with Gasteiger partial charge in [-0.15, -0.1) is 5.10 Å². The van der Waals surface area contributed by atoms with Crippen molar-refractivity contribution in [2.75, 3.05) is 5.75 Å². The molecule has 0 unspecified atom stereocenters. The van der Waals surface area contributed by atoms with Gasteiger partial charge in [0.25, 0.3) is 0 Å². The van der Waals surface area contributed by atoms with Crippen LogP contribution in [0.4, 0.5) is 0 Å². The lowest BCUT2D eigenvalue weighted by Gasteiger charge is -2.02. The number of benzene rings is 1. The summed E-state index contributed by atoms with van der Waals surface area (Å²) >= 11 is 6.97. The standard InChI is InChI=1S/C9H8ClN5OS/c10-6-1-3-7(4-2-6)15-9(12-13-14-15)17-5-8(11)16/h1-4H,5H2,(H2,11,16). The molecule has 2 N–H and O–H groups in total. The summed E-state index contributed by atoms with van der Waals surface area (Å²) in [6.07, 6.45) is 0. The van der Waals surface area contributed by atoms with Crippen molar-refractivity contribution in [3.05, 3.63) is 29.3 Å². The van der Waals surface area contributed by atoms with Crippen LogP contribution in [0.2, 0.25) is 5.02 Å². The Kier molecular flexibility index (Phi) is 3.60. The summed E-state index contributed by atoms with van der Waals surface area (Å²) < 4.78 is 1.52. The molecule has 0 fully saturated rings. The molecule has 0 saturated heterocycles. The summed E-state index contributed by atoms with van der Waals surface area (Å²) in [5.41, 5.74) is 5.83. The van der Waals surface area contributed by atoms with E-state index in [9.17, 15) is 4.79 Å². The molecular weight excluding hydrogens is 262 g/mol. The maximum absolute atomic E-state index is 10.7. The highest BCUT2D eigenvalue weighted by Crippen LogP contribution is 2.19. The van der Waals surface area contributed by atoms with Crippen LogP contribution in [0.25, 0.3) is 5.69 Å². The van der Waals surface area contributed by atoms with Crippen molar-refractivity contribution in [2.24, 2.45) is 5.73 Å². The van der Waals surface area contributed by atoms with E-state index in [4.69, 9.17) is 17.3 Å². The van der Waals surface area contributed by atoms with Crippen LogP contribution in [0.5, 0.6) is 0 Å². The fourth-order valence-electron chi connectivity index (χ4n) is 1.15. The van der Waals surface area contributed by atoms with Crippen LogP contribution in [0.15, 0.2) is 29.4 Å². The number of tetrazole rings is 1. The Bertz CT molecular complexity index is 526. The number of rotatable bonds is 4. The second kappa shape index (κ2) is 5.15. The third-order valence-corrected chi connectivity index (χ3v) is 3.05. The summed E-state index contributed by atoms with van der Waals surface area (Å²) in [6, 6.07) is 7.04. The summed E-state index contributed by atoms with van der Waals surface area (Å²) in [6.45, 7) is 0. The number of carbonyl (C=O) groups excluding carboxylic acids is 1. The van der Waals surface area contributed by atoms with Crippen molar-refractivity contribution in [1.29, 1.82) is 0 Å². The second-order valence-corrected chi connectivity index (χ2v) is 4.48. The minimum absolute atomic E-state index is 0.133. The average Bonchev–Trinajstić information content (AvgIpc) is 2.75. The van der Waals surface area contributed by atoms with E-state index in [2.05, 4.69) is 15.5 Å². The number of nitrogens with zero attached hydrogens (tertiary/aromatic N) is 4. The maximum atomic E-state index is 10.7. The van der Waals surface area contributed by atoms with Gasteiger partial charge in [-0.25, -0.2) is 0 Å². The number of thioether (sulfide) groups is 1. The van der Waals surface area contributed by atoms with Gasteiger partial charge in [-0.05, 0) is 34.7 Å². The number of halogens is 1. The van der Waals surface area contributed by atoms with Crippen molar-refractivity contribution in [1.82, 2.24) is 20.2 Å². The van der Waals surface area contributed by atoms with Gasteiger partial charge >= 0.3 is 0 Å². The molecule has 0 aliphatic carbocycles. The first kappa shape index (κ1) is 11.9. The molecule has 1 aromatic heterocycles. The number of nitrogens with two attached hydrogens (primary N) is 1. The number of hydrogen-bond donors (Lipinski definition) is 1. The second-order valence-electron chi connectivity index (χ2n) is 3.10. The fraction of sp³-hybridized carbons (Fsp3) is 0.111. The molecule has 1 amide bonds. The lowest BCUT2D eigenvalue weighted by atomic mass is 10.3. The van der Waals surface area contributed by atoms with Crippen LogP contribution < -0.4 is 5.73 Å². The van der Waals surface area contributed by atoms with Gasteiger partial charge in [0.2, 0.25) is 11.1 Å². The lowest BCUT2D eigenvalue weighted by Crippen LogP contribution is -2.13. The van der Waals surface area contributed by atoms with Gasteiger partial charge in [0.05, 0.1) is 11.4 Å². The van der Waals surface area contributed by atoms with Crippen molar-refractivity contribution in [3.8, 4) is 5.69 Å². The van der Waals surface area contributed by atoms with E-state index in [0.29, 0.717) is 10.2 Å². The fourth-order valence-corrected chi connectivity index (χ4v) is 1.90. The van der Waals surface area contributed by atoms with Crippen molar-refractivity contribution in [2.45, 2.75) is 5.16 Å². The molecule has 0 radical (unpaired) electrons. The van der Waals surface area contributed by atoms with Crippen molar-refractivity contribution < 1.29 is 4.79 Å². The zero-order chi connectivity index (χ0) is 12.3. The van der Waals surface area contributed by atoms with Gasteiger partial charge in [0.1, 0.15) is 0 Å². The van der Waals surface area contributed by atoms with Crippen LogP contribution in [0.1, 0.15) is 0 Å². The SMILES string of the molecule is NC(=O)CSc1nnnn1-c1ccc(Cl)cc1. The van der Waals surface area contributed by atoms with E-state index in [-0.39, 0.29) is 5.75 Å². The minimum Gasteiger partial charge on any atom is -0.369 e. The summed E-state index contributed by atoms with van der Waals surface area (Å²) in [5, 5.41) is 12.3. The quantitative estimate of drug-likeness (QED) is 0.833. The minimum atomic E-state index is -0.416. The first-order chi connectivity index (χ1) is 8.16. The van der Waals surface area contributed by atoms with Crippen LogP contribution in [-0.4, -0.2) is 31.9 Å². The molecule has 0 bridgehead atoms. The van der Waals surface area contributed by atoms with Gasteiger partial charge < -0.3 is 5.73 Å². The van der Waals surface area contributed by atoms with E-state index >= 15 is 0 Å². The number of amides is 1. The van der Waals surface area contributed by atoms with Crippen LogP contribution >= 0.6 is 23.4 Å². The molecule has 1 heterocycles. The number of hydrogen-bond acceptors (Lipinski definition) is 5. The molecule has 0 aliphatic rings. The smallest absolute Gasteiger partial charge is 0.227 e. The molecular formula is C9H8ClN5OS. The molecule has 17 heavy (non-hydrogen) atoms. The number of primary amides is 1. The van der Waals surface area contributed by atoms with Gasteiger partial charge in [-0.3, -0.25) is 4.79 Å². The van der Waals surface area contributed by atoms with Gasteiger partial charge in [-0.1, -0.05) is 23.4 Å². The van der Waals surface area contributed by atoms with Crippen LogP contribution in [0, 0.1) is 0 Å². The molecule has 0 aliphatic heterocycles. The van der Waals surface area contributed by atoms with E-state index < -0.39 is 5.91 Å². The Morgan fingerprint density at radius 2 is 2.12 bits per heavy atom. The first-order valence-corrected chi connectivity index (χ1v) is 5.98. The summed E-state index contributed by atoms with van der Waals surface area (Å²) in [5.74, 6) is -0.283. The van der Waals surface area contributed by atoms with Gasteiger partial charge in [0, 0.05) is 5.02 Å². The Morgan fingerprint density at radius 3 is 2.76 bits per heavy atom. The normalized spacial score (nSPS) is 10.4. The molecule has 6 nitrogen and oxygen atoms in total. The van der Waals surface area contributed by atoms with Gasteiger partial charge in [-0.2, -0.15) is 4.68 Å². The highest BCUT2D eigenvalue weighted by molar-refractivity contribution is 7.99. The maximum Gasteiger partial charge on any atom is 0.227 e. The van der Waals surface area contributed by atoms with E-state index in [1.807, 2.05) is 0 Å². The van der Waals surface area contributed by atoms with E-state index in [1.165, 1.54) is 16.4 Å². The largest absolute Gasteiger partial charge is 0.369 e. The van der Waals surface area contributed by atoms with E-state index in [1.54, 1.807) is 24.3 Å². The molecule has 8 heteroatoms. The first-order valence-electron chi connectivity index (χ1n) is 4.62. The van der Waals surface area contributed by atoms with Crippen LogP contribution in [0.3, 0.4) is 0 Å². The summed E-state index contributed by atoms with van der Waals surface area (Å²) in [7, 11) is 0. The lowest BCUT2D eigenvalue weighted by molar-refractivity contribution is -0.115. The highest BCUT2D eigenvalue weighted by atomic mass is 35.5. The zero-order valence-corrected chi connectivity index (χ0v) is 10.1. The Balaban J connectivity index is 2.24. The molecule has 88 valence electrons. The highest BCUT2D eigenvalue weighted by Gasteiger charge is 2.09. The monoisotopic (exact) mass is 269 g/mol. The third kappa shape index (κ3) is 2.95. The predicted molar refractivity (Wildman–Crippen MR) is 64.1 cm³/mol. The summed E-state index contributed by atoms with van der Waals surface area (Å²) in [4.78, 5) is 10.7. The Labute approximate surface area is 106 Å². The molecule has 2 aromatic rings. The van der Waals surface area contributed by atoms with Crippen LogP contribution in [-0.2, 0) is 4.79 Å².